The Morgan fingerprint density at radius 3 is 3.00 bits per heavy atom. The van der Waals surface area contributed by atoms with Crippen molar-refractivity contribution in [3.05, 3.63) is 0 Å². The molecule has 0 bridgehead atoms. The van der Waals surface area contributed by atoms with Crippen LogP contribution in [-0.2, 0) is 0 Å². The second kappa shape index (κ2) is 6.80. The van der Waals surface area contributed by atoms with Crippen molar-refractivity contribution in [3.8, 4) is 6.07 Å². The van der Waals surface area contributed by atoms with E-state index in [1.165, 1.54) is 0 Å². The van der Waals surface area contributed by atoms with Gasteiger partial charge in [-0.2, -0.15) is 17.0 Å². The van der Waals surface area contributed by atoms with E-state index in [1.807, 2.05) is 6.07 Å². The van der Waals surface area contributed by atoms with Gasteiger partial charge >= 0.3 is 6.09 Å². The lowest BCUT2D eigenvalue weighted by molar-refractivity contribution is 0.192. The van der Waals surface area contributed by atoms with Gasteiger partial charge < -0.3 is 10.4 Å². The highest BCUT2D eigenvalue weighted by Crippen LogP contribution is 2.03. The summed E-state index contributed by atoms with van der Waals surface area (Å²) in [5.74, 6) is 1.48. The number of thioether (sulfide) groups is 1. The average molecular weight is 188 g/mol. The fourth-order valence-electron chi connectivity index (χ4n) is 0.630. The van der Waals surface area contributed by atoms with Crippen LogP contribution in [0.5, 0.6) is 0 Å². The van der Waals surface area contributed by atoms with Gasteiger partial charge in [-0.05, 0) is 6.92 Å². The molecule has 12 heavy (non-hydrogen) atoms. The van der Waals surface area contributed by atoms with Crippen molar-refractivity contribution in [3.63, 3.8) is 0 Å². The van der Waals surface area contributed by atoms with Crippen molar-refractivity contribution in [1.29, 1.82) is 5.26 Å². The molecule has 0 saturated heterocycles. The highest BCUT2D eigenvalue weighted by atomic mass is 32.2. The molecule has 0 radical (unpaired) electrons. The van der Waals surface area contributed by atoms with Crippen molar-refractivity contribution in [1.82, 2.24) is 5.32 Å². The predicted molar refractivity (Wildman–Crippen MR) is 48.2 cm³/mol. The molecule has 0 heterocycles. The third-order valence-corrected chi connectivity index (χ3v) is 2.32. The minimum atomic E-state index is -0.997. The van der Waals surface area contributed by atoms with E-state index in [0.717, 1.165) is 5.75 Å². The number of carbonyl (C=O) groups is 1. The zero-order valence-corrected chi connectivity index (χ0v) is 7.73. The molecule has 4 nitrogen and oxygen atoms in total. The first-order valence-corrected chi connectivity index (χ1v) is 4.76. The molecule has 0 aromatic carbocycles. The van der Waals surface area contributed by atoms with Gasteiger partial charge in [-0.3, -0.25) is 0 Å². The van der Waals surface area contributed by atoms with Gasteiger partial charge in [0.1, 0.15) is 0 Å². The van der Waals surface area contributed by atoms with Crippen molar-refractivity contribution in [2.45, 2.75) is 19.4 Å². The lowest BCUT2D eigenvalue weighted by atomic mass is 10.4. The number of hydrogen-bond donors (Lipinski definition) is 2. The molecule has 0 aromatic heterocycles. The molecule has 68 valence electrons. The summed E-state index contributed by atoms with van der Waals surface area (Å²) in [6.45, 7) is 1.80. The lowest BCUT2D eigenvalue weighted by Gasteiger charge is -2.09. The quantitative estimate of drug-likeness (QED) is 0.637. The first-order valence-electron chi connectivity index (χ1n) is 3.61. The van der Waals surface area contributed by atoms with Crippen LogP contribution in [-0.4, -0.2) is 28.7 Å². The van der Waals surface area contributed by atoms with Crippen LogP contribution in [0.3, 0.4) is 0 Å². The molecule has 1 unspecified atom stereocenters. The number of nitriles is 1. The fourth-order valence-corrected chi connectivity index (χ4v) is 1.47. The summed E-state index contributed by atoms with van der Waals surface area (Å²) in [4.78, 5) is 10.1. The Kier molecular flexibility index (Phi) is 6.29. The van der Waals surface area contributed by atoms with Crippen molar-refractivity contribution in [2.24, 2.45) is 0 Å². The summed E-state index contributed by atoms with van der Waals surface area (Å²) in [6.07, 6.45) is -0.479. The van der Waals surface area contributed by atoms with Gasteiger partial charge in [0.25, 0.3) is 0 Å². The molecule has 0 aliphatic heterocycles. The summed E-state index contributed by atoms with van der Waals surface area (Å²) in [5, 5.41) is 18.9. The van der Waals surface area contributed by atoms with Crippen LogP contribution in [0.1, 0.15) is 13.3 Å². The van der Waals surface area contributed by atoms with E-state index in [2.05, 4.69) is 5.32 Å². The van der Waals surface area contributed by atoms with Gasteiger partial charge in [0.15, 0.2) is 0 Å². The Morgan fingerprint density at radius 2 is 2.50 bits per heavy atom. The van der Waals surface area contributed by atoms with Gasteiger partial charge in [0, 0.05) is 24.0 Å². The number of carboxylic acid groups (broad SMARTS) is 1. The number of hydrogen-bond acceptors (Lipinski definition) is 3. The first kappa shape index (κ1) is 11.1. The number of nitrogens with zero attached hydrogens (tertiary/aromatic N) is 1. The van der Waals surface area contributed by atoms with Crippen molar-refractivity contribution in [2.75, 3.05) is 11.5 Å². The van der Waals surface area contributed by atoms with Gasteiger partial charge in [-0.15, -0.1) is 0 Å². The normalized spacial score (nSPS) is 11.7. The monoisotopic (exact) mass is 188 g/mol. The molecular formula is C7H12N2O2S. The van der Waals surface area contributed by atoms with Crippen molar-refractivity contribution >= 4 is 17.9 Å². The van der Waals surface area contributed by atoms with Gasteiger partial charge in [-0.25, -0.2) is 4.79 Å². The number of nitrogens with one attached hydrogen (secondary N) is 1. The first-order chi connectivity index (χ1) is 5.66. The van der Waals surface area contributed by atoms with E-state index in [4.69, 9.17) is 10.4 Å². The third-order valence-electron chi connectivity index (χ3n) is 1.10. The standard InChI is InChI=1S/C7H12N2O2S/c1-6(9-7(10)11)5-12-4-2-3-8/h6,9H,2,4-5H2,1H3,(H,10,11). The lowest BCUT2D eigenvalue weighted by Crippen LogP contribution is -2.32. The molecule has 1 atom stereocenters. The summed E-state index contributed by atoms with van der Waals surface area (Å²) >= 11 is 1.58. The average Bonchev–Trinajstić information content (AvgIpc) is 1.97. The summed E-state index contributed by atoms with van der Waals surface area (Å²) in [7, 11) is 0. The van der Waals surface area contributed by atoms with E-state index < -0.39 is 6.09 Å². The molecule has 0 aromatic rings. The molecule has 5 heteroatoms. The Balaban J connectivity index is 3.26. The minimum absolute atomic E-state index is 0.0498. The van der Waals surface area contributed by atoms with Crippen LogP contribution in [0.2, 0.25) is 0 Å². The van der Waals surface area contributed by atoms with Crippen LogP contribution in [0.25, 0.3) is 0 Å². The van der Waals surface area contributed by atoms with E-state index in [1.54, 1.807) is 18.7 Å². The molecule has 0 aliphatic rings. The van der Waals surface area contributed by atoms with Gasteiger partial charge in [0.05, 0.1) is 6.07 Å². The van der Waals surface area contributed by atoms with Crippen LogP contribution in [0, 0.1) is 11.3 Å². The summed E-state index contributed by atoms with van der Waals surface area (Å²) < 4.78 is 0. The van der Waals surface area contributed by atoms with E-state index in [0.29, 0.717) is 12.2 Å². The second-order valence-corrected chi connectivity index (χ2v) is 3.48. The maximum absolute atomic E-state index is 10.1. The summed E-state index contributed by atoms with van der Waals surface area (Å²) in [5.41, 5.74) is 0. The molecule has 0 spiro atoms. The number of rotatable bonds is 5. The highest BCUT2D eigenvalue weighted by molar-refractivity contribution is 7.99. The van der Waals surface area contributed by atoms with E-state index in [-0.39, 0.29) is 6.04 Å². The number of amides is 1. The zero-order valence-electron chi connectivity index (χ0n) is 6.91. The molecule has 0 fully saturated rings. The topological polar surface area (TPSA) is 73.1 Å². The highest BCUT2D eigenvalue weighted by Gasteiger charge is 2.03. The van der Waals surface area contributed by atoms with Crippen LogP contribution in [0.15, 0.2) is 0 Å². The smallest absolute Gasteiger partial charge is 0.404 e. The SMILES string of the molecule is CC(CSCCC#N)NC(=O)O. The predicted octanol–water partition coefficient (Wildman–Crippen LogP) is 1.29. The second-order valence-electron chi connectivity index (χ2n) is 2.33. The third kappa shape index (κ3) is 7.22. The molecule has 1 amide bonds. The maximum Gasteiger partial charge on any atom is 0.404 e. The largest absolute Gasteiger partial charge is 0.465 e. The fraction of sp³-hybridized carbons (Fsp3) is 0.714. The van der Waals surface area contributed by atoms with Crippen LogP contribution in [0.4, 0.5) is 4.79 Å². The summed E-state index contributed by atoms with van der Waals surface area (Å²) in [6, 6.07) is 1.97. The Morgan fingerprint density at radius 1 is 1.83 bits per heavy atom. The Labute approximate surface area is 76.0 Å². The molecule has 0 rings (SSSR count). The maximum atomic E-state index is 10.1. The Hall–Kier alpha value is -0.890. The van der Waals surface area contributed by atoms with Crippen LogP contribution < -0.4 is 5.32 Å². The zero-order chi connectivity index (χ0) is 9.40. The van der Waals surface area contributed by atoms with Gasteiger partial charge in [0.2, 0.25) is 0 Å². The molecular weight excluding hydrogens is 176 g/mol. The molecule has 2 N–H and O–H groups in total. The Bertz CT molecular complexity index is 179. The van der Waals surface area contributed by atoms with E-state index in [9.17, 15) is 4.79 Å². The minimum Gasteiger partial charge on any atom is -0.465 e. The molecule has 0 saturated carbocycles. The van der Waals surface area contributed by atoms with Crippen LogP contribution >= 0.6 is 11.8 Å². The molecule has 0 aliphatic carbocycles. The van der Waals surface area contributed by atoms with Crippen molar-refractivity contribution < 1.29 is 9.90 Å². The van der Waals surface area contributed by atoms with E-state index >= 15 is 0 Å². The van der Waals surface area contributed by atoms with Gasteiger partial charge in [-0.1, -0.05) is 0 Å².